The predicted molar refractivity (Wildman–Crippen MR) is 624 cm³/mol. The number of hydrogen-bond donors (Lipinski definition) is 9. The third-order valence-electron chi connectivity index (χ3n) is 17.0. The smallest absolute Gasteiger partial charge is 1.00 e. The summed E-state index contributed by atoms with van der Waals surface area (Å²) in [4.78, 5) is 59.7. The van der Waals surface area contributed by atoms with Gasteiger partial charge in [0.15, 0.2) is 17.4 Å². The average molecular weight is 2250 g/mol. The minimum absolute atomic E-state index is 0. The second kappa shape index (κ2) is 95.2. The van der Waals surface area contributed by atoms with Crippen molar-refractivity contribution in [3.63, 3.8) is 0 Å². The average Bonchev–Trinajstić information content (AvgIpc) is 0.857. The molecule has 14 atom stereocenters. The molecule has 6 aliphatic rings. The van der Waals surface area contributed by atoms with E-state index in [1.165, 1.54) is 38.5 Å². The number of halogens is 3. The van der Waals surface area contributed by atoms with Crippen LogP contribution in [0.2, 0.25) is 0 Å². The second-order valence-corrected chi connectivity index (χ2v) is 102. The van der Waals surface area contributed by atoms with Crippen LogP contribution in [0.15, 0.2) is 60.7 Å². The number of aliphatic hydroxyl groups excluding tert-OH is 1. The zero-order chi connectivity index (χ0) is 93.2. The molecule has 6 fully saturated rings. The van der Waals surface area contributed by atoms with Crippen LogP contribution in [-0.2, 0) is 35.0 Å². The standard InChI is InChI=1S/C18H28N2O2.C12H24N2O2.C11H14O3.C8H16N2O.C7H16N2.C6H14N2.C5H9ClO2.C4H8O.C2H6O.CH2Cl2.2CH4.Al.Li.H16P14.H6P4.H5P3.H3P.4H/c1-18(2,3)22-17(21)20(13-14-7-5-4-6-8-14)16-11-9-15(19)10-12-16;1-12(2,3)16-11(15)14(4)10-7-5-9(13)6-8-10;1-11(2,3)14-10(12)13-9-7-5-4-6-8-9;1-6(11)10-8-4-2-7(9)3-5-8;1-9-7-4-2-6(8)3-5-7;7-5-1-2-6(8)4-3-5;1-2-3-4-8-5(6)7;1-2-4-5-3-1;1-2-3;2-1-3;;;;;1-9(2)13(10(3)4)14(11(5)6)12(7)8;1-4(2)3;1-3-2;;;;;/h4-8,15-16H,9-13,19H2,1-3H3;9-10H,5-8,13H2,1-4H3;4-8H,1-3H3;7-8H,2-5,9H2,1H3,(H,10,11);6-7,9H,2-5,8H2,1H3;5-6H,1-4,7-8H2;2-4H2,1H3;1-4H2;3H,2H2,1H3;1H2;2*1H4;;;1-8H2;1-3H2;3H,1-2H2;1H3;;;;/q;;;;;;;;;;;;;+1;;;;;;;;-1. The van der Waals surface area contributed by atoms with E-state index in [2.05, 4.69) is 131 Å². The van der Waals surface area contributed by atoms with Gasteiger partial charge in [-0.1, -0.05) is 84.7 Å². The number of amides is 3. The fraction of sp³-hybridized carbons (Fsp3) is 0.776. The van der Waals surface area contributed by atoms with E-state index in [-0.39, 0.29) is 159 Å². The van der Waals surface area contributed by atoms with E-state index in [1.807, 2.05) is 104 Å². The molecule has 0 spiro atoms. The first-order valence-electron chi connectivity index (χ1n) is 40.5. The molecule has 0 aromatic heterocycles. The zero-order valence-electron chi connectivity index (χ0n) is 77.0. The molecule has 5 saturated carbocycles. The van der Waals surface area contributed by atoms with Gasteiger partial charge in [-0.2, -0.15) is 9.90 Å². The van der Waals surface area contributed by atoms with Gasteiger partial charge in [-0.05, 0) is 291 Å². The number of nitrogens with one attached hydrogen (secondary N) is 2. The number of nitrogens with zero attached hydrogens (tertiary/aromatic N) is 2. The van der Waals surface area contributed by atoms with Crippen molar-refractivity contribution in [3.05, 3.63) is 66.2 Å². The molecule has 22 nitrogen and oxygen atoms in total. The van der Waals surface area contributed by atoms with Crippen LogP contribution in [0, 0.1) is 0 Å². The van der Waals surface area contributed by atoms with Crippen LogP contribution in [0.1, 0.15) is 259 Å². The third kappa shape index (κ3) is 98.8. The Hall–Kier alpha value is 6.29. The van der Waals surface area contributed by atoms with Gasteiger partial charge in [-0.25, -0.2) is 19.2 Å². The molecule has 3 amide bonds. The summed E-state index contributed by atoms with van der Waals surface area (Å²) in [6.45, 7) is 26.2. The topological polar surface area (TPSA) is 348 Å². The SMILES string of the molecule is C.C.C1CCOC1.CC(=O)NC1CCC(N)CC1.CC(C)(C)OC(=O)N(Cc1ccccc1)C1CCC(N)CC1.CC(C)(C)OC(=O)Oc1ccccc1.CCCCOC(=O)Cl.CCO.CN(C(=O)OC(C)(C)C)C1CCC(N)CC1.CNC1CCC(N)CC1.ClCCl.NC1CCC(N)CC1.P.PP(P)P.PP(P)P(P(P)P)P(P(P)P)P(P)P.PPP.[AlH3].[H-].[Li+]. The van der Waals surface area contributed by atoms with E-state index in [1.54, 1.807) is 63.8 Å². The molecule has 49 heteroatoms. The maximum absolute atomic E-state index is 12.6. The van der Waals surface area contributed by atoms with E-state index >= 15 is 0 Å². The summed E-state index contributed by atoms with van der Waals surface area (Å²) in [5, 5.41) is 13.9. The van der Waals surface area contributed by atoms with Gasteiger partial charge in [-0.15, -0.1) is 139 Å². The van der Waals surface area contributed by atoms with Crippen LogP contribution < -0.4 is 68.6 Å². The molecular weight excluding hydrogens is 2070 g/mol. The summed E-state index contributed by atoms with van der Waals surface area (Å²) in [6.07, 6.45) is 24.7. The molecule has 15 N–H and O–H groups in total. The Kier molecular flexibility index (Phi) is 115. The largest absolute Gasteiger partial charge is 1.00 e. The van der Waals surface area contributed by atoms with Crippen LogP contribution in [0.5, 0.6) is 5.75 Å². The number of hydrogen-bond acceptors (Lipinski definition) is 19. The molecule has 1 saturated heterocycles. The Morgan fingerprint density at radius 1 is 0.552 bits per heavy atom. The molecule has 125 heavy (non-hydrogen) atoms. The molecule has 2 aromatic rings. The maximum atomic E-state index is 12.6. The Morgan fingerprint density at radius 3 is 1.13 bits per heavy atom. The number of benzene rings is 2. The van der Waals surface area contributed by atoms with Gasteiger partial charge < -0.3 is 89.8 Å². The van der Waals surface area contributed by atoms with Crippen LogP contribution in [-0.4, -0.2) is 185 Å². The molecule has 14 unspecified atom stereocenters. The maximum Gasteiger partial charge on any atom is 1.00 e. The number of para-hydroxylation sites is 1. The van der Waals surface area contributed by atoms with Gasteiger partial charge in [0, 0.05) is 112 Å². The number of alkyl halides is 2. The molecule has 8 rings (SSSR count). The van der Waals surface area contributed by atoms with E-state index in [0.29, 0.717) is 55.2 Å². The third-order valence-corrected chi connectivity index (χ3v) is 96.0. The molecule has 1 heterocycles. The Balaban J connectivity index is -0.000000131. The Bertz CT molecular complexity index is 2730. The van der Waals surface area contributed by atoms with Crippen LogP contribution in [0.4, 0.5) is 19.2 Å². The van der Waals surface area contributed by atoms with Gasteiger partial charge in [0.1, 0.15) is 22.6 Å². The molecule has 5 aliphatic carbocycles. The zero-order valence-corrected chi connectivity index (χ0v) is 102. The fourth-order valence-corrected chi connectivity index (χ4v) is 158. The number of carbonyl (C=O) groups excluding carboxylic acids is 5. The number of unbranched alkanes of at least 4 members (excludes halogenated alkanes) is 1. The van der Waals surface area contributed by atoms with E-state index in [0.717, 1.165) is 148 Å². The van der Waals surface area contributed by atoms with Crippen molar-refractivity contribution in [1.82, 2.24) is 20.4 Å². The van der Waals surface area contributed by atoms with Crippen molar-refractivity contribution in [3.8, 4) is 5.75 Å². The minimum atomic E-state index is -0.710. The van der Waals surface area contributed by atoms with Crippen molar-refractivity contribution < 1.29 is 77.8 Å². The summed E-state index contributed by atoms with van der Waals surface area (Å²) in [5.74, 6) is 0.562. The van der Waals surface area contributed by atoms with Crippen LogP contribution in [0.25, 0.3) is 0 Å². The number of rotatable bonds is 15. The van der Waals surface area contributed by atoms with Crippen molar-refractivity contribution in [2.24, 2.45) is 34.4 Å². The number of carbonyl (C=O) groups is 5. The fourth-order valence-electron chi connectivity index (χ4n) is 11.2. The van der Waals surface area contributed by atoms with Gasteiger partial charge in [0.25, 0.3) is 0 Å². The Labute approximate surface area is 843 Å². The van der Waals surface area contributed by atoms with Crippen LogP contribution >= 0.6 is 218 Å². The van der Waals surface area contributed by atoms with Crippen molar-refractivity contribution in [2.75, 3.05) is 45.9 Å². The van der Waals surface area contributed by atoms with Crippen molar-refractivity contribution in [2.45, 2.75) is 336 Å². The Morgan fingerprint density at radius 2 is 0.848 bits per heavy atom. The predicted octanol–water partition coefficient (Wildman–Crippen LogP) is 22.4. The summed E-state index contributed by atoms with van der Waals surface area (Å²) >= 11 is 14.4. The number of ether oxygens (including phenoxy) is 6. The molecule has 0 bridgehead atoms. The summed E-state index contributed by atoms with van der Waals surface area (Å²) in [5.41, 5.74) is 33.6. The van der Waals surface area contributed by atoms with E-state index < -0.39 is 28.4 Å². The molecule has 0 radical (unpaired) electrons. The first-order chi connectivity index (χ1) is 55.9. The monoisotopic (exact) mass is 2240 g/mol. The normalized spacial score (nSPS) is 20.2. The molecule has 740 valence electrons. The van der Waals surface area contributed by atoms with Crippen LogP contribution in [0.3, 0.4) is 0 Å². The summed E-state index contributed by atoms with van der Waals surface area (Å²) in [7, 11) is 42.2. The van der Waals surface area contributed by atoms with Gasteiger partial charge in [-0.3, -0.25) is 4.79 Å². The van der Waals surface area contributed by atoms with Crippen molar-refractivity contribution >= 4 is 265 Å². The second-order valence-electron chi connectivity index (χ2n) is 31.4. The molecule has 1 aliphatic heterocycles. The van der Waals surface area contributed by atoms with Crippen molar-refractivity contribution in [1.29, 1.82) is 0 Å². The quantitative estimate of drug-likeness (QED) is 0.0117. The number of aliphatic hydroxyl groups is 1. The first kappa shape index (κ1) is 151. The van der Waals surface area contributed by atoms with Gasteiger partial charge in [0.05, 0.1) is 11.9 Å². The van der Waals surface area contributed by atoms with E-state index in [9.17, 15) is 24.0 Å². The molecule has 2 aromatic carbocycles. The summed E-state index contributed by atoms with van der Waals surface area (Å²) < 4.78 is 30.2. The first-order valence-corrected chi connectivity index (χ1v) is 77.3. The van der Waals surface area contributed by atoms with E-state index in [4.69, 9.17) is 98.0 Å². The van der Waals surface area contributed by atoms with Gasteiger partial charge >= 0.3 is 42.6 Å². The number of nitrogens with two attached hydrogens (primary N) is 6. The van der Waals surface area contributed by atoms with Gasteiger partial charge in [0.2, 0.25) is 5.91 Å². The summed E-state index contributed by atoms with van der Waals surface area (Å²) in [6, 6.07) is 22.8. The minimum Gasteiger partial charge on any atom is -1.00 e. The molecular formula is C76H179AlCl3LiN10O12P22.